The minimum Gasteiger partial charge on any atom is -0.410 e. The van der Waals surface area contributed by atoms with Crippen molar-refractivity contribution in [1.82, 2.24) is 4.90 Å². The van der Waals surface area contributed by atoms with Crippen molar-refractivity contribution >= 4 is 6.09 Å². The lowest BCUT2D eigenvalue weighted by Crippen LogP contribution is -2.31. The highest BCUT2D eigenvalue weighted by molar-refractivity contribution is 5.72. The largest absolute Gasteiger partial charge is 0.415 e. The molecule has 0 unspecified atom stereocenters. The highest BCUT2D eigenvalue weighted by Gasteiger charge is 2.23. The SMILES string of the molecule is CC(C)c1cccc(C(C)C)c1OC(=O)N1CCCC1. The average Bonchev–Trinajstić information content (AvgIpc) is 2.92. The van der Waals surface area contributed by atoms with Crippen LogP contribution in [0.15, 0.2) is 18.2 Å². The third kappa shape index (κ3) is 3.14. The van der Waals surface area contributed by atoms with Gasteiger partial charge in [0, 0.05) is 13.1 Å². The molecule has 1 heterocycles. The summed E-state index contributed by atoms with van der Waals surface area (Å²) in [6.07, 6.45) is 1.97. The van der Waals surface area contributed by atoms with Gasteiger partial charge in [-0.05, 0) is 35.8 Å². The van der Waals surface area contributed by atoms with Crippen molar-refractivity contribution in [2.45, 2.75) is 52.4 Å². The molecule has 1 fully saturated rings. The fourth-order valence-corrected chi connectivity index (χ4v) is 2.65. The molecular formula is C17H25NO2. The standard InChI is InChI=1S/C17H25NO2/c1-12(2)14-8-7-9-15(13(3)4)16(14)20-17(19)18-10-5-6-11-18/h7-9,12-13H,5-6,10-11H2,1-4H3. The number of carbonyl (C=O) groups is 1. The second-order valence-electron chi connectivity index (χ2n) is 6.14. The number of para-hydroxylation sites is 1. The van der Waals surface area contributed by atoms with Gasteiger partial charge in [0.05, 0.1) is 0 Å². The molecule has 1 aliphatic heterocycles. The molecule has 0 spiro atoms. The maximum absolute atomic E-state index is 12.3. The minimum atomic E-state index is -0.197. The Hall–Kier alpha value is -1.51. The first-order valence-electron chi connectivity index (χ1n) is 7.60. The smallest absolute Gasteiger partial charge is 0.410 e. The van der Waals surface area contributed by atoms with Crippen molar-refractivity contribution in [1.29, 1.82) is 0 Å². The quantitative estimate of drug-likeness (QED) is 0.811. The van der Waals surface area contributed by atoms with Crippen LogP contribution in [0.2, 0.25) is 0 Å². The van der Waals surface area contributed by atoms with Crippen LogP contribution in [0.5, 0.6) is 5.75 Å². The van der Waals surface area contributed by atoms with Crippen molar-refractivity contribution in [3.05, 3.63) is 29.3 Å². The topological polar surface area (TPSA) is 29.5 Å². The van der Waals surface area contributed by atoms with Crippen LogP contribution in [0.4, 0.5) is 4.79 Å². The summed E-state index contributed by atoms with van der Waals surface area (Å²) in [4.78, 5) is 14.1. The van der Waals surface area contributed by atoms with Crippen molar-refractivity contribution in [2.24, 2.45) is 0 Å². The molecule has 0 aromatic heterocycles. The average molecular weight is 275 g/mol. The molecule has 0 aliphatic carbocycles. The van der Waals surface area contributed by atoms with Gasteiger partial charge in [-0.2, -0.15) is 0 Å². The van der Waals surface area contributed by atoms with Gasteiger partial charge in [0.15, 0.2) is 0 Å². The van der Waals surface area contributed by atoms with E-state index in [4.69, 9.17) is 4.74 Å². The van der Waals surface area contributed by atoms with Gasteiger partial charge in [0.25, 0.3) is 0 Å². The van der Waals surface area contributed by atoms with E-state index in [1.54, 1.807) is 4.90 Å². The van der Waals surface area contributed by atoms with Crippen LogP contribution in [0.25, 0.3) is 0 Å². The van der Waals surface area contributed by atoms with Crippen LogP contribution in [0.3, 0.4) is 0 Å². The third-order valence-corrected chi connectivity index (χ3v) is 3.87. The zero-order valence-electron chi connectivity index (χ0n) is 13.0. The molecule has 1 amide bonds. The normalized spacial score (nSPS) is 15.2. The van der Waals surface area contributed by atoms with Gasteiger partial charge >= 0.3 is 6.09 Å². The van der Waals surface area contributed by atoms with Crippen LogP contribution in [-0.4, -0.2) is 24.1 Å². The molecule has 20 heavy (non-hydrogen) atoms. The number of likely N-dealkylation sites (tertiary alicyclic amines) is 1. The first-order valence-corrected chi connectivity index (χ1v) is 7.60. The number of hydrogen-bond donors (Lipinski definition) is 0. The molecule has 1 saturated heterocycles. The molecule has 0 atom stereocenters. The van der Waals surface area contributed by atoms with E-state index in [9.17, 15) is 4.79 Å². The van der Waals surface area contributed by atoms with Crippen molar-refractivity contribution < 1.29 is 9.53 Å². The minimum absolute atomic E-state index is 0.197. The maximum atomic E-state index is 12.3. The first kappa shape index (κ1) is 14.9. The number of hydrogen-bond acceptors (Lipinski definition) is 2. The van der Waals surface area contributed by atoms with E-state index in [2.05, 4.69) is 45.9 Å². The van der Waals surface area contributed by atoms with Crippen molar-refractivity contribution in [3.63, 3.8) is 0 Å². The van der Waals surface area contributed by atoms with Crippen LogP contribution in [-0.2, 0) is 0 Å². The first-order chi connectivity index (χ1) is 9.50. The Morgan fingerprint density at radius 1 is 1.05 bits per heavy atom. The molecule has 0 radical (unpaired) electrons. The molecule has 110 valence electrons. The Labute approximate surface area is 121 Å². The molecule has 0 N–H and O–H groups in total. The van der Waals surface area contributed by atoms with Gasteiger partial charge in [-0.15, -0.1) is 0 Å². The van der Waals surface area contributed by atoms with E-state index < -0.39 is 0 Å². The molecule has 0 saturated carbocycles. The number of rotatable bonds is 3. The maximum Gasteiger partial charge on any atom is 0.415 e. The van der Waals surface area contributed by atoms with Gasteiger partial charge in [0.1, 0.15) is 5.75 Å². The summed E-state index contributed by atoms with van der Waals surface area (Å²) in [6, 6.07) is 6.17. The van der Waals surface area contributed by atoms with Gasteiger partial charge in [-0.25, -0.2) is 4.79 Å². The lowest BCUT2D eigenvalue weighted by atomic mass is 9.94. The Balaban J connectivity index is 2.30. The lowest BCUT2D eigenvalue weighted by Gasteiger charge is -2.21. The number of carbonyl (C=O) groups excluding carboxylic acids is 1. The van der Waals surface area contributed by atoms with Gasteiger partial charge in [-0.3, -0.25) is 0 Å². The predicted octanol–water partition coefficient (Wildman–Crippen LogP) is 4.53. The molecular weight excluding hydrogens is 250 g/mol. The Kier molecular flexibility index (Phi) is 4.69. The highest BCUT2D eigenvalue weighted by atomic mass is 16.6. The van der Waals surface area contributed by atoms with Gasteiger partial charge in [0.2, 0.25) is 0 Å². The summed E-state index contributed by atoms with van der Waals surface area (Å²) in [5.41, 5.74) is 2.23. The Morgan fingerprint density at radius 3 is 2.00 bits per heavy atom. The van der Waals surface area contributed by atoms with Gasteiger partial charge in [-0.1, -0.05) is 45.9 Å². The molecule has 3 nitrogen and oxygen atoms in total. The number of amides is 1. The summed E-state index contributed by atoms with van der Waals surface area (Å²) in [7, 11) is 0. The number of benzene rings is 1. The van der Waals surface area contributed by atoms with Crippen molar-refractivity contribution in [3.8, 4) is 5.75 Å². The second-order valence-corrected chi connectivity index (χ2v) is 6.14. The third-order valence-electron chi connectivity index (χ3n) is 3.87. The van der Waals surface area contributed by atoms with Crippen LogP contribution >= 0.6 is 0 Å². The highest BCUT2D eigenvalue weighted by Crippen LogP contribution is 2.35. The van der Waals surface area contributed by atoms with E-state index in [0.717, 1.165) is 42.8 Å². The molecule has 1 aromatic rings. The predicted molar refractivity (Wildman–Crippen MR) is 81.5 cm³/mol. The summed E-state index contributed by atoms with van der Waals surface area (Å²) in [5, 5.41) is 0. The zero-order chi connectivity index (χ0) is 14.7. The summed E-state index contributed by atoms with van der Waals surface area (Å²) in [5.74, 6) is 1.46. The summed E-state index contributed by atoms with van der Waals surface area (Å²) < 4.78 is 5.77. The molecule has 2 rings (SSSR count). The number of ether oxygens (including phenoxy) is 1. The fourth-order valence-electron chi connectivity index (χ4n) is 2.65. The molecule has 3 heteroatoms. The van der Waals surface area contributed by atoms with Crippen molar-refractivity contribution in [2.75, 3.05) is 13.1 Å². The van der Waals surface area contributed by atoms with E-state index >= 15 is 0 Å². The van der Waals surface area contributed by atoms with E-state index in [1.165, 1.54) is 0 Å². The number of nitrogens with zero attached hydrogens (tertiary/aromatic N) is 1. The Morgan fingerprint density at radius 2 is 1.55 bits per heavy atom. The summed E-state index contributed by atoms with van der Waals surface area (Å²) in [6.45, 7) is 10.2. The zero-order valence-corrected chi connectivity index (χ0v) is 13.0. The Bertz CT molecular complexity index is 448. The molecule has 1 aromatic carbocycles. The van der Waals surface area contributed by atoms with E-state index in [-0.39, 0.29) is 6.09 Å². The fraction of sp³-hybridized carbons (Fsp3) is 0.588. The monoisotopic (exact) mass is 275 g/mol. The lowest BCUT2D eigenvalue weighted by molar-refractivity contribution is 0.161. The molecule has 0 bridgehead atoms. The van der Waals surface area contributed by atoms with Crippen LogP contribution < -0.4 is 4.74 Å². The van der Waals surface area contributed by atoms with E-state index in [1.807, 2.05) is 0 Å². The van der Waals surface area contributed by atoms with Gasteiger partial charge < -0.3 is 9.64 Å². The van der Waals surface area contributed by atoms with Crippen LogP contribution in [0, 0.1) is 0 Å². The van der Waals surface area contributed by atoms with Crippen LogP contribution in [0.1, 0.15) is 63.5 Å². The second kappa shape index (κ2) is 6.29. The van der Waals surface area contributed by atoms with E-state index in [0.29, 0.717) is 11.8 Å². The summed E-state index contributed by atoms with van der Waals surface area (Å²) >= 11 is 0. The molecule has 1 aliphatic rings.